The maximum absolute atomic E-state index is 11.2. The van der Waals surface area contributed by atoms with E-state index in [2.05, 4.69) is 6.07 Å². The third-order valence-corrected chi connectivity index (χ3v) is 3.54. The summed E-state index contributed by atoms with van der Waals surface area (Å²) in [7, 11) is 1.67. The third-order valence-electron chi connectivity index (χ3n) is 3.54. The smallest absolute Gasteiger partial charge is 0.302 e. The molecular formula is C15H20O3. The van der Waals surface area contributed by atoms with Gasteiger partial charge in [-0.1, -0.05) is 18.6 Å². The first-order valence-electron chi connectivity index (χ1n) is 6.52. The summed E-state index contributed by atoms with van der Waals surface area (Å²) in [5, 5.41) is 0. The number of ether oxygens (including phenoxy) is 2. The summed E-state index contributed by atoms with van der Waals surface area (Å²) < 4.78 is 10.7. The lowest BCUT2D eigenvalue weighted by atomic mass is 9.81. The number of hydrogen-bond acceptors (Lipinski definition) is 3. The topological polar surface area (TPSA) is 35.5 Å². The Morgan fingerprint density at radius 2 is 2.06 bits per heavy atom. The highest BCUT2D eigenvalue weighted by Crippen LogP contribution is 2.36. The molecule has 1 aliphatic carbocycles. The SMILES string of the molecule is COc1cccc([C@H]2CCCC[C@@H]2OC(C)=O)c1. The zero-order valence-electron chi connectivity index (χ0n) is 11.0. The minimum Gasteiger partial charge on any atom is -0.497 e. The Morgan fingerprint density at radius 1 is 1.28 bits per heavy atom. The number of hydrogen-bond donors (Lipinski definition) is 0. The number of carbonyl (C=O) groups is 1. The van der Waals surface area contributed by atoms with Crippen LogP contribution in [0, 0.1) is 0 Å². The largest absolute Gasteiger partial charge is 0.497 e. The Bertz CT molecular complexity index is 414. The van der Waals surface area contributed by atoms with E-state index in [0.29, 0.717) is 5.92 Å². The molecule has 18 heavy (non-hydrogen) atoms. The summed E-state index contributed by atoms with van der Waals surface area (Å²) in [5.41, 5.74) is 1.21. The van der Waals surface area contributed by atoms with Gasteiger partial charge in [0.05, 0.1) is 7.11 Å². The van der Waals surface area contributed by atoms with Crippen molar-refractivity contribution in [2.24, 2.45) is 0 Å². The third kappa shape index (κ3) is 3.03. The molecule has 0 amide bonds. The summed E-state index contributed by atoms with van der Waals surface area (Å²) >= 11 is 0. The molecule has 0 unspecified atom stereocenters. The van der Waals surface area contributed by atoms with Crippen LogP contribution in [-0.4, -0.2) is 19.2 Å². The minimum atomic E-state index is -0.185. The second-order valence-electron chi connectivity index (χ2n) is 4.82. The quantitative estimate of drug-likeness (QED) is 0.770. The molecule has 0 spiro atoms. The van der Waals surface area contributed by atoms with Crippen LogP contribution in [0.15, 0.2) is 24.3 Å². The predicted octanol–water partition coefficient (Wildman–Crippen LogP) is 3.28. The van der Waals surface area contributed by atoms with E-state index in [1.165, 1.54) is 18.9 Å². The van der Waals surface area contributed by atoms with Crippen molar-refractivity contribution in [2.75, 3.05) is 7.11 Å². The van der Waals surface area contributed by atoms with Crippen molar-refractivity contribution in [3.63, 3.8) is 0 Å². The molecule has 3 nitrogen and oxygen atoms in total. The first-order chi connectivity index (χ1) is 8.70. The van der Waals surface area contributed by atoms with Crippen molar-refractivity contribution in [1.82, 2.24) is 0 Å². The van der Waals surface area contributed by atoms with E-state index >= 15 is 0 Å². The van der Waals surface area contributed by atoms with E-state index < -0.39 is 0 Å². The van der Waals surface area contributed by atoms with E-state index in [1.807, 2.05) is 18.2 Å². The van der Waals surface area contributed by atoms with Crippen LogP contribution in [0.3, 0.4) is 0 Å². The molecule has 0 radical (unpaired) electrons. The molecule has 1 saturated carbocycles. The van der Waals surface area contributed by atoms with E-state index in [-0.39, 0.29) is 12.1 Å². The molecule has 0 aromatic heterocycles. The Balaban J connectivity index is 2.19. The Kier molecular flexibility index (Phi) is 4.24. The second-order valence-corrected chi connectivity index (χ2v) is 4.82. The molecular weight excluding hydrogens is 228 g/mol. The second kappa shape index (κ2) is 5.89. The van der Waals surface area contributed by atoms with Gasteiger partial charge in [0.25, 0.3) is 0 Å². The van der Waals surface area contributed by atoms with Crippen molar-refractivity contribution >= 4 is 5.97 Å². The van der Waals surface area contributed by atoms with Gasteiger partial charge in [0.1, 0.15) is 11.9 Å². The molecule has 0 aliphatic heterocycles. The van der Waals surface area contributed by atoms with Crippen LogP contribution in [0.4, 0.5) is 0 Å². The minimum absolute atomic E-state index is 0.0170. The van der Waals surface area contributed by atoms with Gasteiger partial charge < -0.3 is 9.47 Å². The molecule has 0 heterocycles. The average Bonchev–Trinajstić information content (AvgIpc) is 2.39. The summed E-state index contributed by atoms with van der Waals surface area (Å²) in [6, 6.07) is 8.07. The van der Waals surface area contributed by atoms with Crippen LogP contribution in [0.2, 0.25) is 0 Å². The molecule has 1 aliphatic rings. The molecule has 3 heteroatoms. The van der Waals surface area contributed by atoms with Crippen LogP contribution < -0.4 is 4.74 Å². The maximum Gasteiger partial charge on any atom is 0.302 e. The number of methoxy groups -OCH3 is 1. The van der Waals surface area contributed by atoms with Gasteiger partial charge in [0.15, 0.2) is 0 Å². The van der Waals surface area contributed by atoms with Gasteiger partial charge in [0, 0.05) is 12.8 Å². The lowest BCUT2D eigenvalue weighted by molar-refractivity contribution is -0.148. The Labute approximate surface area is 108 Å². The fourth-order valence-electron chi connectivity index (χ4n) is 2.70. The fourth-order valence-corrected chi connectivity index (χ4v) is 2.70. The van der Waals surface area contributed by atoms with Crippen LogP contribution in [0.5, 0.6) is 5.75 Å². The van der Waals surface area contributed by atoms with Gasteiger partial charge in [-0.2, -0.15) is 0 Å². The molecule has 1 aromatic carbocycles. The summed E-state index contributed by atoms with van der Waals surface area (Å²) in [6.07, 6.45) is 4.38. The Hall–Kier alpha value is -1.51. The fraction of sp³-hybridized carbons (Fsp3) is 0.533. The number of benzene rings is 1. The molecule has 0 bridgehead atoms. The van der Waals surface area contributed by atoms with Crippen molar-refractivity contribution in [2.45, 2.75) is 44.6 Å². The van der Waals surface area contributed by atoms with Crippen molar-refractivity contribution in [3.8, 4) is 5.75 Å². The van der Waals surface area contributed by atoms with Crippen molar-refractivity contribution < 1.29 is 14.3 Å². The van der Waals surface area contributed by atoms with Gasteiger partial charge in [-0.15, -0.1) is 0 Å². The van der Waals surface area contributed by atoms with Gasteiger partial charge in [-0.05, 0) is 37.0 Å². The molecule has 98 valence electrons. The van der Waals surface area contributed by atoms with Gasteiger partial charge in [0.2, 0.25) is 0 Å². The van der Waals surface area contributed by atoms with Crippen LogP contribution in [0.25, 0.3) is 0 Å². The zero-order chi connectivity index (χ0) is 13.0. The van der Waals surface area contributed by atoms with Crippen molar-refractivity contribution in [1.29, 1.82) is 0 Å². The van der Waals surface area contributed by atoms with E-state index in [9.17, 15) is 4.79 Å². The maximum atomic E-state index is 11.2. The van der Waals surface area contributed by atoms with Crippen molar-refractivity contribution in [3.05, 3.63) is 29.8 Å². The molecule has 0 saturated heterocycles. The van der Waals surface area contributed by atoms with Gasteiger partial charge >= 0.3 is 5.97 Å². The molecule has 1 aromatic rings. The molecule has 1 fully saturated rings. The summed E-state index contributed by atoms with van der Waals surface area (Å²) in [6.45, 7) is 1.48. The summed E-state index contributed by atoms with van der Waals surface area (Å²) in [4.78, 5) is 11.2. The predicted molar refractivity (Wildman–Crippen MR) is 69.8 cm³/mol. The highest BCUT2D eigenvalue weighted by atomic mass is 16.5. The number of rotatable bonds is 3. The van der Waals surface area contributed by atoms with E-state index in [0.717, 1.165) is 25.0 Å². The average molecular weight is 248 g/mol. The van der Waals surface area contributed by atoms with Crippen LogP contribution in [-0.2, 0) is 9.53 Å². The molecule has 0 N–H and O–H groups in total. The molecule has 2 rings (SSSR count). The van der Waals surface area contributed by atoms with E-state index in [1.54, 1.807) is 7.11 Å². The first-order valence-corrected chi connectivity index (χ1v) is 6.52. The van der Waals surface area contributed by atoms with Gasteiger partial charge in [-0.25, -0.2) is 0 Å². The Morgan fingerprint density at radius 3 is 2.78 bits per heavy atom. The normalized spacial score (nSPS) is 23.4. The number of esters is 1. The highest BCUT2D eigenvalue weighted by Gasteiger charge is 2.28. The zero-order valence-corrected chi connectivity index (χ0v) is 11.0. The van der Waals surface area contributed by atoms with E-state index in [4.69, 9.17) is 9.47 Å². The summed E-state index contributed by atoms with van der Waals surface area (Å²) in [5.74, 6) is 0.979. The first kappa shape index (κ1) is 12.9. The lowest BCUT2D eigenvalue weighted by Crippen LogP contribution is -2.27. The van der Waals surface area contributed by atoms with Crippen LogP contribution in [0.1, 0.15) is 44.1 Å². The highest BCUT2D eigenvalue weighted by molar-refractivity contribution is 5.66. The standard InChI is InChI=1S/C15H20O3/c1-11(16)18-15-9-4-3-8-14(15)12-6-5-7-13(10-12)17-2/h5-7,10,14-15H,3-4,8-9H2,1-2H3/t14-,15+/m1/s1. The van der Waals surface area contributed by atoms with Crippen LogP contribution >= 0.6 is 0 Å². The van der Waals surface area contributed by atoms with Gasteiger partial charge in [-0.3, -0.25) is 4.79 Å². The lowest BCUT2D eigenvalue weighted by Gasteiger charge is -2.31. The monoisotopic (exact) mass is 248 g/mol. The number of carbonyl (C=O) groups excluding carboxylic acids is 1. The molecule has 2 atom stereocenters.